The van der Waals surface area contributed by atoms with Crippen LogP contribution in [0.4, 0.5) is 0 Å². The van der Waals surface area contributed by atoms with Gasteiger partial charge in [-0.3, -0.25) is 4.79 Å². The predicted octanol–water partition coefficient (Wildman–Crippen LogP) is 2.24. The lowest BCUT2D eigenvalue weighted by Crippen LogP contribution is -2.39. The summed E-state index contributed by atoms with van der Waals surface area (Å²) in [6, 6.07) is 8.02. The number of hydrogen-bond acceptors (Lipinski definition) is 4. The molecule has 0 radical (unpaired) electrons. The quantitative estimate of drug-likeness (QED) is 0.623. The summed E-state index contributed by atoms with van der Waals surface area (Å²) in [5.74, 6) is 0.483. The van der Waals surface area contributed by atoms with E-state index in [0.29, 0.717) is 5.75 Å². The maximum absolute atomic E-state index is 11.5. The van der Waals surface area contributed by atoms with Gasteiger partial charge in [-0.25, -0.2) is 0 Å². The van der Waals surface area contributed by atoms with E-state index in [9.17, 15) is 4.79 Å². The van der Waals surface area contributed by atoms with Gasteiger partial charge >= 0.3 is 5.97 Å². The molecule has 0 aliphatic heterocycles. The Labute approximate surface area is 107 Å². The molecule has 1 rings (SSSR count). The number of benzene rings is 1. The number of aryl methyl sites for hydroxylation is 1. The molecule has 1 aromatic carbocycles. The summed E-state index contributed by atoms with van der Waals surface area (Å²) in [7, 11) is 1.42. The topological polar surface area (TPSA) is 38.3 Å². The monoisotopic (exact) mass is 253 g/mol. The molecule has 0 aromatic heterocycles. The van der Waals surface area contributed by atoms with Crippen molar-refractivity contribution < 1.29 is 9.53 Å². The number of nitrogens with one attached hydrogen (secondary N) is 1. The van der Waals surface area contributed by atoms with E-state index in [-0.39, 0.29) is 12.0 Å². The molecule has 1 unspecified atom stereocenters. The second-order valence-electron chi connectivity index (χ2n) is 3.76. The number of rotatable bonds is 6. The van der Waals surface area contributed by atoms with Crippen LogP contribution in [-0.2, 0) is 9.53 Å². The largest absolute Gasteiger partial charge is 0.468 e. The summed E-state index contributed by atoms with van der Waals surface area (Å²) >= 11 is 1.66. The Kier molecular flexibility index (Phi) is 6.08. The lowest BCUT2D eigenvalue weighted by Gasteiger charge is -2.14. The van der Waals surface area contributed by atoms with Gasteiger partial charge < -0.3 is 10.1 Å². The molecule has 0 heterocycles. The van der Waals surface area contributed by atoms with Crippen LogP contribution in [0.2, 0.25) is 0 Å². The van der Waals surface area contributed by atoms with Gasteiger partial charge in [0.1, 0.15) is 6.04 Å². The third kappa shape index (κ3) is 4.79. The van der Waals surface area contributed by atoms with E-state index in [1.165, 1.54) is 17.6 Å². The first kappa shape index (κ1) is 14.1. The average Bonchev–Trinajstić information content (AvgIpc) is 2.33. The van der Waals surface area contributed by atoms with Crippen molar-refractivity contribution in [1.29, 1.82) is 0 Å². The van der Waals surface area contributed by atoms with Crippen molar-refractivity contribution >= 4 is 17.7 Å². The Morgan fingerprint density at radius 3 is 2.88 bits per heavy atom. The molecule has 17 heavy (non-hydrogen) atoms. The SMILES string of the molecule is CCNC(CSc1cccc(C)c1)C(=O)OC. The highest BCUT2D eigenvalue weighted by Gasteiger charge is 2.17. The lowest BCUT2D eigenvalue weighted by atomic mass is 10.2. The number of ether oxygens (including phenoxy) is 1. The first-order valence-electron chi connectivity index (χ1n) is 5.68. The number of carbonyl (C=O) groups excluding carboxylic acids is 1. The van der Waals surface area contributed by atoms with Gasteiger partial charge in [-0.2, -0.15) is 0 Å². The summed E-state index contributed by atoms with van der Waals surface area (Å²) in [4.78, 5) is 12.7. The predicted molar refractivity (Wildman–Crippen MR) is 71.4 cm³/mol. The highest BCUT2D eigenvalue weighted by atomic mass is 32.2. The first-order valence-corrected chi connectivity index (χ1v) is 6.66. The first-order chi connectivity index (χ1) is 8.17. The minimum Gasteiger partial charge on any atom is -0.468 e. The Hall–Kier alpha value is -1.00. The van der Waals surface area contributed by atoms with E-state index in [0.717, 1.165) is 6.54 Å². The van der Waals surface area contributed by atoms with Gasteiger partial charge in [-0.05, 0) is 25.6 Å². The summed E-state index contributed by atoms with van der Waals surface area (Å²) in [5.41, 5.74) is 1.23. The molecule has 1 atom stereocenters. The summed E-state index contributed by atoms with van der Waals surface area (Å²) < 4.78 is 4.76. The minimum absolute atomic E-state index is 0.202. The molecule has 0 saturated heterocycles. The smallest absolute Gasteiger partial charge is 0.323 e. The van der Waals surface area contributed by atoms with E-state index in [1.54, 1.807) is 11.8 Å². The van der Waals surface area contributed by atoms with Crippen LogP contribution >= 0.6 is 11.8 Å². The van der Waals surface area contributed by atoms with Crippen LogP contribution in [-0.4, -0.2) is 31.4 Å². The Morgan fingerprint density at radius 1 is 1.53 bits per heavy atom. The van der Waals surface area contributed by atoms with Gasteiger partial charge in [0, 0.05) is 10.6 Å². The maximum Gasteiger partial charge on any atom is 0.323 e. The van der Waals surface area contributed by atoms with Crippen LogP contribution in [0.5, 0.6) is 0 Å². The zero-order chi connectivity index (χ0) is 12.7. The van der Waals surface area contributed by atoms with Crippen molar-refractivity contribution in [1.82, 2.24) is 5.32 Å². The van der Waals surface area contributed by atoms with E-state index < -0.39 is 0 Å². The molecule has 94 valence electrons. The summed E-state index contributed by atoms with van der Waals surface area (Å²) in [5, 5.41) is 3.12. The van der Waals surface area contributed by atoms with Crippen molar-refractivity contribution in [3.63, 3.8) is 0 Å². The fraction of sp³-hybridized carbons (Fsp3) is 0.462. The molecule has 3 nitrogen and oxygen atoms in total. The molecular weight excluding hydrogens is 234 g/mol. The standard InChI is InChI=1S/C13H19NO2S/c1-4-14-12(13(15)16-3)9-17-11-7-5-6-10(2)8-11/h5-8,12,14H,4,9H2,1-3H3. The summed E-state index contributed by atoms with van der Waals surface area (Å²) in [6.07, 6.45) is 0. The fourth-order valence-corrected chi connectivity index (χ4v) is 2.54. The number of likely N-dealkylation sites (N-methyl/N-ethyl adjacent to an activating group) is 1. The second-order valence-corrected chi connectivity index (χ2v) is 4.85. The van der Waals surface area contributed by atoms with Gasteiger partial charge in [0.25, 0.3) is 0 Å². The van der Waals surface area contributed by atoms with Crippen LogP contribution in [0.15, 0.2) is 29.2 Å². The average molecular weight is 253 g/mol. The van der Waals surface area contributed by atoms with Crippen molar-refractivity contribution in [2.75, 3.05) is 19.4 Å². The maximum atomic E-state index is 11.5. The number of hydrogen-bond donors (Lipinski definition) is 1. The molecule has 0 fully saturated rings. The molecule has 0 saturated carbocycles. The fourth-order valence-electron chi connectivity index (χ4n) is 1.48. The van der Waals surface area contributed by atoms with Crippen molar-refractivity contribution in [2.45, 2.75) is 24.8 Å². The Morgan fingerprint density at radius 2 is 2.29 bits per heavy atom. The van der Waals surface area contributed by atoms with E-state index in [2.05, 4.69) is 30.4 Å². The highest BCUT2D eigenvalue weighted by molar-refractivity contribution is 7.99. The number of methoxy groups -OCH3 is 1. The van der Waals surface area contributed by atoms with Crippen LogP contribution in [0.1, 0.15) is 12.5 Å². The molecule has 0 aliphatic carbocycles. The highest BCUT2D eigenvalue weighted by Crippen LogP contribution is 2.19. The van der Waals surface area contributed by atoms with E-state index in [4.69, 9.17) is 4.74 Å². The van der Waals surface area contributed by atoms with Gasteiger partial charge in [0.2, 0.25) is 0 Å². The van der Waals surface area contributed by atoms with Crippen molar-refractivity contribution in [3.05, 3.63) is 29.8 Å². The van der Waals surface area contributed by atoms with Gasteiger partial charge in [-0.15, -0.1) is 11.8 Å². The molecule has 0 amide bonds. The van der Waals surface area contributed by atoms with Gasteiger partial charge in [0.15, 0.2) is 0 Å². The molecular formula is C13H19NO2S. The van der Waals surface area contributed by atoms with Crippen LogP contribution in [0.25, 0.3) is 0 Å². The van der Waals surface area contributed by atoms with Crippen LogP contribution < -0.4 is 5.32 Å². The lowest BCUT2D eigenvalue weighted by molar-refractivity contribution is -0.142. The molecule has 0 aliphatic rings. The third-order valence-corrected chi connectivity index (χ3v) is 3.43. The molecule has 1 aromatic rings. The Bertz CT molecular complexity index is 368. The molecule has 4 heteroatoms. The Balaban J connectivity index is 2.54. The van der Waals surface area contributed by atoms with Crippen LogP contribution in [0.3, 0.4) is 0 Å². The van der Waals surface area contributed by atoms with Gasteiger partial charge in [0.05, 0.1) is 7.11 Å². The zero-order valence-electron chi connectivity index (χ0n) is 10.5. The normalized spacial score (nSPS) is 12.2. The van der Waals surface area contributed by atoms with E-state index >= 15 is 0 Å². The van der Waals surface area contributed by atoms with Crippen LogP contribution in [0, 0.1) is 6.92 Å². The number of thioether (sulfide) groups is 1. The number of carbonyl (C=O) groups is 1. The molecule has 0 spiro atoms. The summed E-state index contributed by atoms with van der Waals surface area (Å²) in [6.45, 7) is 4.80. The van der Waals surface area contributed by atoms with E-state index in [1.807, 2.05) is 13.0 Å². The van der Waals surface area contributed by atoms with Gasteiger partial charge in [-0.1, -0.05) is 24.6 Å². The zero-order valence-corrected chi connectivity index (χ0v) is 11.3. The molecule has 0 bridgehead atoms. The van der Waals surface area contributed by atoms with Crippen molar-refractivity contribution in [2.24, 2.45) is 0 Å². The minimum atomic E-state index is -0.240. The third-order valence-electron chi connectivity index (χ3n) is 2.34. The number of esters is 1. The van der Waals surface area contributed by atoms with Crippen molar-refractivity contribution in [3.8, 4) is 0 Å². The molecule has 1 N–H and O–H groups in total. The second kappa shape index (κ2) is 7.35.